The fourth-order valence-corrected chi connectivity index (χ4v) is 3.40. The van der Waals surface area contributed by atoms with Gasteiger partial charge in [0.1, 0.15) is 0 Å². The second-order valence-corrected chi connectivity index (χ2v) is 6.77. The lowest BCUT2D eigenvalue weighted by molar-refractivity contribution is 0.202. The minimum absolute atomic E-state index is 0.343. The third-order valence-corrected chi connectivity index (χ3v) is 4.96. The molecule has 0 radical (unpaired) electrons. The molecule has 0 aromatic heterocycles. The zero-order valence-corrected chi connectivity index (χ0v) is 12.7. The van der Waals surface area contributed by atoms with E-state index in [1.807, 2.05) is 0 Å². The minimum Gasteiger partial charge on any atom is -0.327 e. The first-order valence-electron chi connectivity index (χ1n) is 7.87. The Morgan fingerprint density at radius 2 is 1.53 bits per heavy atom. The van der Waals surface area contributed by atoms with Crippen LogP contribution in [-0.4, -0.2) is 6.04 Å². The van der Waals surface area contributed by atoms with Crippen LogP contribution < -0.4 is 5.73 Å². The lowest BCUT2D eigenvalue weighted by Crippen LogP contribution is -2.35. The largest absolute Gasteiger partial charge is 0.327 e. The molecule has 1 atom stereocenters. The van der Waals surface area contributed by atoms with E-state index in [1.165, 1.54) is 36.8 Å². The van der Waals surface area contributed by atoms with E-state index in [0.29, 0.717) is 6.04 Å². The molecule has 2 N–H and O–H groups in total. The molecule has 1 saturated carbocycles. The Morgan fingerprint density at radius 1 is 1.00 bits per heavy atom. The zero-order chi connectivity index (χ0) is 13.8. The molecule has 1 aliphatic rings. The first-order chi connectivity index (χ1) is 9.06. The molecule has 1 aliphatic carbocycles. The van der Waals surface area contributed by atoms with Crippen molar-refractivity contribution in [2.75, 3.05) is 0 Å². The number of benzene rings is 1. The Balaban J connectivity index is 1.84. The van der Waals surface area contributed by atoms with Gasteiger partial charge < -0.3 is 5.73 Å². The summed E-state index contributed by atoms with van der Waals surface area (Å²) >= 11 is 0. The molecule has 106 valence electrons. The molecule has 0 amide bonds. The zero-order valence-electron chi connectivity index (χ0n) is 12.7. The van der Waals surface area contributed by atoms with Crippen LogP contribution in [-0.2, 0) is 6.42 Å². The fourth-order valence-electron chi connectivity index (χ4n) is 3.40. The second kappa shape index (κ2) is 6.56. The van der Waals surface area contributed by atoms with Crippen molar-refractivity contribution in [3.8, 4) is 0 Å². The summed E-state index contributed by atoms with van der Waals surface area (Å²) in [6, 6.07) is 9.19. The normalized spacial score (nSPS) is 25.5. The van der Waals surface area contributed by atoms with E-state index in [0.717, 1.165) is 24.2 Å². The molecule has 2 rings (SSSR count). The van der Waals surface area contributed by atoms with Gasteiger partial charge in [0.15, 0.2) is 0 Å². The van der Waals surface area contributed by atoms with Crippen LogP contribution in [0.5, 0.6) is 0 Å². The number of hydrogen-bond donors (Lipinski definition) is 1. The Bertz CT molecular complexity index is 371. The lowest BCUT2D eigenvalue weighted by Gasteiger charge is -2.34. The van der Waals surface area contributed by atoms with Crippen LogP contribution in [0.2, 0.25) is 0 Å². The summed E-state index contributed by atoms with van der Waals surface area (Å²) in [5, 5.41) is 0. The van der Waals surface area contributed by atoms with Crippen molar-refractivity contribution in [3.05, 3.63) is 35.4 Å². The molecule has 1 aromatic carbocycles. The van der Waals surface area contributed by atoms with E-state index in [4.69, 9.17) is 5.73 Å². The van der Waals surface area contributed by atoms with E-state index >= 15 is 0 Å². The van der Waals surface area contributed by atoms with Gasteiger partial charge in [-0.2, -0.15) is 0 Å². The van der Waals surface area contributed by atoms with Gasteiger partial charge in [-0.25, -0.2) is 0 Å². The maximum absolute atomic E-state index is 6.44. The second-order valence-electron chi connectivity index (χ2n) is 6.77. The topological polar surface area (TPSA) is 26.0 Å². The van der Waals surface area contributed by atoms with Gasteiger partial charge in [0.05, 0.1) is 0 Å². The van der Waals surface area contributed by atoms with E-state index in [1.54, 1.807) is 0 Å². The van der Waals surface area contributed by atoms with Crippen molar-refractivity contribution in [1.29, 1.82) is 0 Å². The molecule has 1 unspecified atom stereocenters. The van der Waals surface area contributed by atoms with Crippen molar-refractivity contribution in [2.45, 2.75) is 58.9 Å². The predicted octanol–water partition coefficient (Wildman–Crippen LogP) is 4.33. The van der Waals surface area contributed by atoms with Crippen LogP contribution >= 0.6 is 0 Å². The summed E-state index contributed by atoms with van der Waals surface area (Å²) in [5.74, 6) is 2.51. The summed E-state index contributed by atoms with van der Waals surface area (Å²) in [5.41, 5.74) is 9.16. The average molecular weight is 259 g/mol. The van der Waals surface area contributed by atoms with Gasteiger partial charge >= 0.3 is 0 Å². The standard InChI is InChI=1S/C18H29N/c1-13(2)16-8-10-17(11-9-16)18(19)12-15-6-4-14(3)5-7-15/h4-7,13,16-18H,8-12,19H2,1-3H3. The van der Waals surface area contributed by atoms with Gasteiger partial charge in [0.25, 0.3) is 0 Å². The quantitative estimate of drug-likeness (QED) is 0.856. The lowest BCUT2D eigenvalue weighted by atomic mass is 9.74. The smallest absolute Gasteiger partial charge is 0.0108 e. The SMILES string of the molecule is Cc1ccc(CC(N)C2CCC(C(C)C)CC2)cc1. The van der Waals surface area contributed by atoms with Gasteiger partial charge in [-0.05, 0) is 62.3 Å². The molecule has 1 fully saturated rings. The predicted molar refractivity (Wildman–Crippen MR) is 83.1 cm³/mol. The van der Waals surface area contributed by atoms with E-state index in [-0.39, 0.29) is 0 Å². The highest BCUT2D eigenvalue weighted by atomic mass is 14.7. The molecular weight excluding hydrogens is 230 g/mol. The Morgan fingerprint density at radius 3 is 2.05 bits per heavy atom. The first kappa shape index (κ1) is 14.6. The summed E-state index contributed by atoms with van der Waals surface area (Å²) in [7, 11) is 0. The van der Waals surface area contributed by atoms with Crippen molar-refractivity contribution in [3.63, 3.8) is 0 Å². The van der Waals surface area contributed by atoms with Crippen LogP contribution in [0.25, 0.3) is 0 Å². The van der Waals surface area contributed by atoms with Gasteiger partial charge in [-0.15, -0.1) is 0 Å². The molecule has 0 aliphatic heterocycles. The van der Waals surface area contributed by atoms with Gasteiger partial charge in [-0.1, -0.05) is 43.7 Å². The number of nitrogens with two attached hydrogens (primary N) is 1. The molecule has 0 heterocycles. The monoisotopic (exact) mass is 259 g/mol. The van der Waals surface area contributed by atoms with Crippen molar-refractivity contribution in [1.82, 2.24) is 0 Å². The van der Waals surface area contributed by atoms with Gasteiger partial charge in [0.2, 0.25) is 0 Å². The Hall–Kier alpha value is -0.820. The van der Waals surface area contributed by atoms with Crippen molar-refractivity contribution >= 4 is 0 Å². The Kier molecular flexibility index (Phi) is 5.04. The van der Waals surface area contributed by atoms with E-state index in [2.05, 4.69) is 45.0 Å². The molecule has 1 nitrogen and oxygen atoms in total. The highest BCUT2D eigenvalue weighted by Crippen LogP contribution is 2.34. The number of hydrogen-bond acceptors (Lipinski definition) is 1. The molecule has 19 heavy (non-hydrogen) atoms. The van der Waals surface area contributed by atoms with Crippen LogP contribution in [0, 0.1) is 24.7 Å². The van der Waals surface area contributed by atoms with Gasteiger partial charge in [-0.3, -0.25) is 0 Å². The maximum Gasteiger partial charge on any atom is 0.0108 e. The van der Waals surface area contributed by atoms with E-state index < -0.39 is 0 Å². The minimum atomic E-state index is 0.343. The summed E-state index contributed by atoms with van der Waals surface area (Å²) < 4.78 is 0. The summed E-state index contributed by atoms with van der Waals surface area (Å²) in [4.78, 5) is 0. The number of rotatable bonds is 4. The molecule has 1 aromatic rings. The fraction of sp³-hybridized carbons (Fsp3) is 0.667. The molecule has 1 heteroatoms. The third-order valence-electron chi connectivity index (χ3n) is 4.96. The maximum atomic E-state index is 6.44. The Labute approximate surface area is 118 Å². The van der Waals surface area contributed by atoms with Crippen molar-refractivity contribution in [2.24, 2.45) is 23.5 Å². The molecule has 0 bridgehead atoms. The van der Waals surface area contributed by atoms with Crippen LogP contribution in [0.4, 0.5) is 0 Å². The average Bonchev–Trinajstić information content (AvgIpc) is 2.41. The van der Waals surface area contributed by atoms with Crippen molar-refractivity contribution < 1.29 is 0 Å². The van der Waals surface area contributed by atoms with Crippen LogP contribution in [0.1, 0.15) is 50.7 Å². The highest BCUT2D eigenvalue weighted by molar-refractivity contribution is 5.22. The van der Waals surface area contributed by atoms with Gasteiger partial charge in [0, 0.05) is 6.04 Å². The van der Waals surface area contributed by atoms with E-state index in [9.17, 15) is 0 Å². The first-order valence-corrected chi connectivity index (χ1v) is 7.87. The van der Waals surface area contributed by atoms with Crippen LogP contribution in [0.3, 0.4) is 0 Å². The number of aryl methyl sites for hydroxylation is 1. The summed E-state index contributed by atoms with van der Waals surface area (Å²) in [6.07, 6.45) is 6.46. The summed E-state index contributed by atoms with van der Waals surface area (Å²) in [6.45, 7) is 6.85. The van der Waals surface area contributed by atoms with Crippen LogP contribution in [0.15, 0.2) is 24.3 Å². The molecule has 0 spiro atoms. The highest BCUT2D eigenvalue weighted by Gasteiger charge is 2.26. The molecule has 0 saturated heterocycles. The molecular formula is C18H29N. The third kappa shape index (κ3) is 4.07.